The Labute approximate surface area is 131 Å². The monoisotopic (exact) mass is 280 g/mol. The van der Waals surface area contributed by atoms with E-state index in [1.807, 2.05) is 0 Å². The van der Waals surface area contributed by atoms with E-state index in [1.165, 1.54) is 43.7 Å². The van der Waals surface area contributed by atoms with Gasteiger partial charge in [0.15, 0.2) is 0 Å². The van der Waals surface area contributed by atoms with E-state index >= 15 is 0 Å². The maximum Gasteiger partial charge on any atom is 0.139 e. The summed E-state index contributed by atoms with van der Waals surface area (Å²) >= 11 is 0. The van der Waals surface area contributed by atoms with Crippen LogP contribution in [0.3, 0.4) is 0 Å². The van der Waals surface area contributed by atoms with E-state index in [0.717, 1.165) is 0 Å². The molecule has 0 spiro atoms. The second-order valence-electron chi connectivity index (χ2n) is 6.08. The van der Waals surface area contributed by atoms with E-state index in [-0.39, 0.29) is 0 Å². The molecule has 0 saturated heterocycles. The molecule has 0 heterocycles. The summed E-state index contributed by atoms with van der Waals surface area (Å²) in [4.78, 5) is 0. The Balaban J connectivity index is 1.91. The molecule has 0 aliphatic carbocycles. The molecule has 0 nitrogen and oxygen atoms in total. The van der Waals surface area contributed by atoms with Gasteiger partial charge in [-0.3, -0.25) is 0 Å². The SMILES string of the molecule is Bc1ccc2cc(-c3ccc4cccc(C)c4c3)ccc2c1. The summed E-state index contributed by atoms with van der Waals surface area (Å²) in [6.45, 7) is 2.18. The minimum Gasteiger partial charge on any atom is -0.0883 e. The van der Waals surface area contributed by atoms with Gasteiger partial charge >= 0.3 is 0 Å². The highest BCUT2D eigenvalue weighted by Crippen LogP contribution is 2.28. The maximum absolute atomic E-state index is 2.31. The van der Waals surface area contributed by atoms with Gasteiger partial charge in [0, 0.05) is 0 Å². The van der Waals surface area contributed by atoms with E-state index < -0.39 is 0 Å². The third kappa shape index (κ3) is 2.19. The van der Waals surface area contributed by atoms with Crippen molar-refractivity contribution in [2.45, 2.75) is 6.92 Å². The largest absolute Gasteiger partial charge is 0.139 e. The summed E-state index contributed by atoms with van der Waals surface area (Å²) in [7, 11) is 2.14. The first-order valence-corrected chi connectivity index (χ1v) is 7.71. The highest BCUT2D eigenvalue weighted by atomic mass is 14.1. The zero-order chi connectivity index (χ0) is 15.1. The van der Waals surface area contributed by atoms with Crippen molar-refractivity contribution in [3.8, 4) is 11.1 Å². The Morgan fingerprint density at radius 1 is 0.636 bits per heavy atom. The van der Waals surface area contributed by atoms with Crippen LogP contribution in [-0.2, 0) is 0 Å². The summed E-state index contributed by atoms with van der Waals surface area (Å²) in [6, 6.07) is 26.6. The lowest BCUT2D eigenvalue weighted by Gasteiger charge is -2.08. The Kier molecular flexibility index (Phi) is 3.01. The van der Waals surface area contributed by atoms with Gasteiger partial charge in [0.25, 0.3) is 0 Å². The van der Waals surface area contributed by atoms with Gasteiger partial charge in [-0.05, 0) is 57.3 Å². The predicted molar refractivity (Wildman–Crippen MR) is 99.8 cm³/mol. The fourth-order valence-electron chi connectivity index (χ4n) is 3.15. The molecule has 0 N–H and O–H groups in total. The molecule has 4 rings (SSSR count). The van der Waals surface area contributed by atoms with E-state index in [9.17, 15) is 0 Å². The fraction of sp³-hybridized carbons (Fsp3) is 0.0476. The van der Waals surface area contributed by atoms with Crippen molar-refractivity contribution >= 4 is 34.9 Å². The molecule has 0 bridgehead atoms. The van der Waals surface area contributed by atoms with Crippen molar-refractivity contribution in [3.63, 3.8) is 0 Å². The number of fused-ring (bicyclic) bond motifs is 2. The van der Waals surface area contributed by atoms with Gasteiger partial charge in [-0.2, -0.15) is 0 Å². The molecule has 1 heteroatoms. The molecule has 0 unspecified atom stereocenters. The highest BCUT2D eigenvalue weighted by molar-refractivity contribution is 6.33. The number of hydrogen-bond acceptors (Lipinski definition) is 0. The molecule has 0 radical (unpaired) electrons. The Hall–Kier alpha value is -2.54. The summed E-state index contributed by atoms with van der Waals surface area (Å²) in [5.41, 5.74) is 5.20. The van der Waals surface area contributed by atoms with Gasteiger partial charge < -0.3 is 0 Å². The maximum atomic E-state index is 2.31. The quantitative estimate of drug-likeness (QED) is 0.458. The summed E-state index contributed by atoms with van der Waals surface area (Å²) in [6.07, 6.45) is 0. The Morgan fingerprint density at radius 3 is 2.18 bits per heavy atom. The summed E-state index contributed by atoms with van der Waals surface area (Å²) < 4.78 is 0. The predicted octanol–water partition coefficient (Wildman–Crippen LogP) is 4.23. The molecule has 0 aromatic heterocycles. The topological polar surface area (TPSA) is 0 Å². The van der Waals surface area contributed by atoms with Gasteiger partial charge in [0.05, 0.1) is 0 Å². The van der Waals surface area contributed by atoms with Crippen LogP contribution in [-0.4, -0.2) is 7.85 Å². The van der Waals surface area contributed by atoms with Crippen LogP contribution >= 0.6 is 0 Å². The molecule has 0 atom stereocenters. The Bertz CT molecular complexity index is 999. The molecule has 0 aliphatic rings. The second kappa shape index (κ2) is 5.03. The van der Waals surface area contributed by atoms with Gasteiger partial charge in [0.2, 0.25) is 0 Å². The van der Waals surface area contributed by atoms with E-state index in [4.69, 9.17) is 0 Å². The van der Waals surface area contributed by atoms with Crippen molar-refractivity contribution in [3.05, 3.63) is 78.4 Å². The van der Waals surface area contributed by atoms with Crippen LogP contribution in [0.4, 0.5) is 0 Å². The molecule has 104 valence electrons. The highest BCUT2D eigenvalue weighted by Gasteiger charge is 2.03. The molecule has 0 amide bonds. The summed E-state index contributed by atoms with van der Waals surface area (Å²) in [5, 5.41) is 5.25. The smallest absolute Gasteiger partial charge is 0.0883 e. The zero-order valence-electron chi connectivity index (χ0n) is 12.9. The molecule has 22 heavy (non-hydrogen) atoms. The molecule has 0 aliphatic heterocycles. The van der Waals surface area contributed by atoms with Crippen LogP contribution in [0.15, 0.2) is 72.8 Å². The first-order valence-electron chi connectivity index (χ1n) is 7.71. The van der Waals surface area contributed by atoms with Gasteiger partial charge in [0.1, 0.15) is 7.85 Å². The van der Waals surface area contributed by atoms with Gasteiger partial charge in [-0.25, -0.2) is 0 Å². The minimum absolute atomic E-state index is 1.28. The lowest BCUT2D eigenvalue weighted by molar-refractivity contribution is 1.53. The van der Waals surface area contributed by atoms with E-state index in [2.05, 4.69) is 87.6 Å². The van der Waals surface area contributed by atoms with E-state index in [1.54, 1.807) is 0 Å². The van der Waals surface area contributed by atoms with Crippen molar-refractivity contribution in [1.82, 2.24) is 0 Å². The minimum atomic E-state index is 1.28. The molecular weight excluding hydrogens is 263 g/mol. The standard InChI is InChI=1S/C21H17B/c1-14-3-2-4-15-5-6-19(13-21(14)15)16-7-8-18-12-20(22)10-9-17(18)11-16/h2-13H,22H2,1H3. The molecule has 4 aromatic rings. The van der Waals surface area contributed by atoms with Crippen molar-refractivity contribution in [2.24, 2.45) is 0 Å². The lowest BCUT2D eigenvalue weighted by Crippen LogP contribution is -1.99. The van der Waals surface area contributed by atoms with Crippen LogP contribution in [0.5, 0.6) is 0 Å². The summed E-state index contributed by atoms with van der Waals surface area (Å²) in [5.74, 6) is 0. The third-order valence-electron chi connectivity index (χ3n) is 4.43. The fourth-order valence-corrected chi connectivity index (χ4v) is 3.15. The normalized spacial score (nSPS) is 11.1. The van der Waals surface area contributed by atoms with Gasteiger partial charge in [-0.1, -0.05) is 66.1 Å². The van der Waals surface area contributed by atoms with Crippen LogP contribution < -0.4 is 5.46 Å². The third-order valence-corrected chi connectivity index (χ3v) is 4.43. The average molecular weight is 280 g/mol. The lowest BCUT2D eigenvalue weighted by atomic mass is 9.92. The zero-order valence-corrected chi connectivity index (χ0v) is 12.9. The molecule has 4 aromatic carbocycles. The van der Waals surface area contributed by atoms with Crippen molar-refractivity contribution in [2.75, 3.05) is 0 Å². The average Bonchev–Trinajstić information content (AvgIpc) is 2.54. The van der Waals surface area contributed by atoms with Crippen molar-refractivity contribution < 1.29 is 0 Å². The molecule has 0 saturated carbocycles. The van der Waals surface area contributed by atoms with Crippen LogP contribution in [0.25, 0.3) is 32.7 Å². The Morgan fingerprint density at radius 2 is 1.32 bits per heavy atom. The van der Waals surface area contributed by atoms with Crippen LogP contribution in [0.1, 0.15) is 5.56 Å². The second-order valence-corrected chi connectivity index (χ2v) is 6.08. The first kappa shape index (κ1) is 13.2. The molecule has 0 fully saturated rings. The van der Waals surface area contributed by atoms with Crippen LogP contribution in [0.2, 0.25) is 0 Å². The number of hydrogen-bond donors (Lipinski definition) is 0. The van der Waals surface area contributed by atoms with Crippen LogP contribution in [0, 0.1) is 6.92 Å². The van der Waals surface area contributed by atoms with E-state index in [0.29, 0.717) is 0 Å². The number of rotatable bonds is 1. The number of benzene rings is 4. The molecular formula is C21H17B. The van der Waals surface area contributed by atoms with Gasteiger partial charge in [-0.15, -0.1) is 0 Å². The first-order chi connectivity index (χ1) is 10.7. The van der Waals surface area contributed by atoms with Crippen molar-refractivity contribution in [1.29, 1.82) is 0 Å². The number of aryl methyl sites for hydroxylation is 1.